The van der Waals surface area contributed by atoms with Crippen LogP contribution in [-0.2, 0) is 23.5 Å². The zero-order valence-electron chi connectivity index (χ0n) is 8.66. The molecule has 0 unspecified atom stereocenters. The molecule has 0 bridgehead atoms. The van der Waals surface area contributed by atoms with Gasteiger partial charge in [0.25, 0.3) is 0 Å². The highest BCUT2D eigenvalue weighted by Gasteiger charge is 2.14. The highest BCUT2D eigenvalue weighted by atomic mass is 32.2. The van der Waals surface area contributed by atoms with Gasteiger partial charge in [-0.25, -0.2) is 8.42 Å². The maximum atomic E-state index is 11.0. The molecule has 0 heterocycles. The Balaban J connectivity index is 2.56. The van der Waals surface area contributed by atoms with Crippen LogP contribution in [0.4, 0.5) is 0 Å². The molecule has 1 aromatic rings. The number of methoxy groups -OCH3 is 1. The average molecular weight is 226 g/mol. The Morgan fingerprint density at radius 1 is 1.13 bits per heavy atom. The van der Waals surface area contributed by atoms with Crippen LogP contribution in [0.1, 0.15) is 24.0 Å². The number of rotatable bonds is 2. The number of aryl methyl sites for hydroxylation is 2. The molecule has 0 fully saturated rings. The minimum absolute atomic E-state index is 0.313. The molecule has 0 N–H and O–H groups in total. The van der Waals surface area contributed by atoms with E-state index in [1.807, 2.05) is 6.07 Å². The van der Waals surface area contributed by atoms with Gasteiger partial charge in [0.2, 0.25) is 0 Å². The van der Waals surface area contributed by atoms with Crippen LogP contribution in [0.5, 0.6) is 5.75 Å². The van der Waals surface area contributed by atoms with Crippen LogP contribution < -0.4 is 4.74 Å². The van der Waals surface area contributed by atoms with E-state index >= 15 is 0 Å². The average Bonchev–Trinajstić information content (AvgIpc) is 2.27. The monoisotopic (exact) mass is 226 g/mol. The van der Waals surface area contributed by atoms with Gasteiger partial charge >= 0.3 is 0 Å². The summed E-state index contributed by atoms with van der Waals surface area (Å²) in [5.41, 5.74) is 2.40. The third-order valence-electron chi connectivity index (χ3n) is 2.84. The normalized spacial score (nSPS) is 15.1. The van der Waals surface area contributed by atoms with Crippen molar-refractivity contribution in [3.8, 4) is 5.75 Å². The standard InChI is InChI=1S/C11H14O3S/c1-14-10-6-8-4-2-3-5-9(8)7-11(10)15(12)13/h6-7,15H,2-5H2,1H3. The fourth-order valence-corrected chi connectivity index (χ4v) is 2.65. The predicted octanol–water partition coefficient (Wildman–Crippen LogP) is 1.54. The van der Waals surface area contributed by atoms with Crippen molar-refractivity contribution in [1.82, 2.24) is 0 Å². The number of benzene rings is 1. The SMILES string of the molecule is COc1cc2c(cc1[SH](=O)=O)CCCC2. The maximum absolute atomic E-state index is 11.0. The van der Waals surface area contributed by atoms with Gasteiger partial charge in [-0.3, -0.25) is 0 Å². The summed E-state index contributed by atoms with van der Waals surface area (Å²) in [6, 6.07) is 3.63. The largest absolute Gasteiger partial charge is 0.495 e. The fraction of sp³-hybridized carbons (Fsp3) is 0.455. The number of hydrogen-bond acceptors (Lipinski definition) is 3. The molecular weight excluding hydrogens is 212 g/mol. The molecule has 0 aliphatic heterocycles. The highest BCUT2D eigenvalue weighted by Crippen LogP contribution is 2.29. The zero-order valence-corrected chi connectivity index (χ0v) is 9.55. The number of fused-ring (bicyclic) bond motifs is 1. The first kappa shape index (κ1) is 10.5. The lowest BCUT2D eigenvalue weighted by atomic mass is 9.92. The second-order valence-electron chi connectivity index (χ2n) is 3.76. The zero-order chi connectivity index (χ0) is 10.8. The lowest BCUT2D eigenvalue weighted by Crippen LogP contribution is -2.04. The second-order valence-corrected chi connectivity index (χ2v) is 4.75. The van der Waals surface area contributed by atoms with E-state index in [1.54, 1.807) is 6.07 Å². The Hall–Kier alpha value is -1.03. The summed E-state index contributed by atoms with van der Waals surface area (Å²) < 4.78 is 27.1. The van der Waals surface area contributed by atoms with Crippen molar-refractivity contribution in [2.75, 3.05) is 7.11 Å². The van der Waals surface area contributed by atoms with Gasteiger partial charge < -0.3 is 4.74 Å². The van der Waals surface area contributed by atoms with Crippen LogP contribution in [-0.4, -0.2) is 15.5 Å². The van der Waals surface area contributed by atoms with Crippen molar-refractivity contribution in [3.63, 3.8) is 0 Å². The van der Waals surface area contributed by atoms with E-state index in [-0.39, 0.29) is 0 Å². The topological polar surface area (TPSA) is 43.4 Å². The highest BCUT2D eigenvalue weighted by molar-refractivity contribution is 7.72. The molecule has 1 aliphatic rings. The van der Waals surface area contributed by atoms with Gasteiger partial charge in [-0.05, 0) is 48.9 Å². The molecule has 1 aliphatic carbocycles. The summed E-state index contributed by atoms with van der Waals surface area (Å²) in [5.74, 6) is 0.478. The first-order chi connectivity index (χ1) is 7.22. The van der Waals surface area contributed by atoms with Gasteiger partial charge in [-0.2, -0.15) is 0 Å². The molecule has 0 saturated heterocycles. The summed E-state index contributed by atoms with van der Waals surface area (Å²) >= 11 is 0. The third-order valence-corrected chi connectivity index (χ3v) is 3.58. The van der Waals surface area contributed by atoms with Crippen LogP contribution >= 0.6 is 0 Å². The van der Waals surface area contributed by atoms with E-state index in [9.17, 15) is 8.42 Å². The van der Waals surface area contributed by atoms with E-state index in [1.165, 1.54) is 19.1 Å². The van der Waals surface area contributed by atoms with Crippen LogP contribution in [0, 0.1) is 0 Å². The first-order valence-corrected chi connectivity index (χ1v) is 6.24. The van der Waals surface area contributed by atoms with E-state index in [0.717, 1.165) is 24.8 Å². The van der Waals surface area contributed by atoms with Crippen LogP contribution in [0.2, 0.25) is 0 Å². The van der Waals surface area contributed by atoms with Crippen LogP contribution in [0.3, 0.4) is 0 Å². The summed E-state index contributed by atoms with van der Waals surface area (Å²) in [6.45, 7) is 0. The molecule has 0 atom stereocenters. The van der Waals surface area contributed by atoms with E-state index < -0.39 is 10.7 Å². The van der Waals surface area contributed by atoms with Crippen molar-refractivity contribution < 1.29 is 13.2 Å². The smallest absolute Gasteiger partial charge is 0.171 e. The Kier molecular flexibility index (Phi) is 2.95. The van der Waals surface area contributed by atoms with Crippen LogP contribution in [0.25, 0.3) is 0 Å². The molecule has 15 heavy (non-hydrogen) atoms. The van der Waals surface area contributed by atoms with Gasteiger partial charge in [0, 0.05) is 0 Å². The number of ether oxygens (including phenoxy) is 1. The molecule has 4 heteroatoms. The van der Waals surface area contributed by atoms with Gasteiger partial charge in [0.05, 0.1) is 7.11 Å². The lowest BCUT2D eigenvalue weighted by Gasteiger charge is -2.17. The summed E-state index contributed by atoms with van der Waals surface area (Å²) in [6.07, 6.45) is 4.34. The van der Waals surface area contributed by atoms with E-state index in [2.05, 4.69) is 0 Å². The van der Waals surface area contributed by atoms with Crippen molar-refractivity contribution in [2.24, 2.45) is 0 Å². The Morgan fingerprint density at radius 3 is 2.27 bits per heavy atom. The van der Waals surface area contributed by atoms with Crippen molar-refractivity contribution in [1.29, 1.82) is 0 Å². The number of thiol groups is 1. The summed E-state index contributed by atoms with van der Waals surface area (Å²) in [4.78, 5) is 0.313. The molecule has 0 amide bonds. The summed E-state index contributed by atoms with van der Waals surface area (Å²) in [5, 5.41) is 0. The fourth-order valence-electron chi connectivity index (χ4n) is 2.06. The van der Waals surface area contributed by atoms with Crippen molar-refractivity contribution in [3.05, 3.63) is 23.3 Å². The van der Waals surface area contributed by atoms with Crippen LogP contribution in [0.15, 0.2) is 17.0 Å². The summed E-state index contributed by atoms with van der Waals surface area (Å²) in [7, 11) is -1.06. The molecule has 1 aromatic carbocycles. The number of hydrogen-bond donors (Lipinski definition) is 1. The molecule has 0 radical (unpaired) electrons. The molecule has 2 rings (SSSR count). The Morgan fingerprint density at radius 2 is 1.73 bits per heavy atom. The first-order valence-electron chi connectivity index (χ1n) is 5.06. The third kappa shape index (κ3) is 2.00. The Labute approximate surface area is 91.0 Å². The van der Waals surface area contributed by atoms with Crippen molar-refractivity contribution in [2.45, 2.75) is 30.6 Å². The molecule has 82 valence electrons. The Bertz CT molecular complexity index is 441. The lowest BCUT2D eigenvalue weighted by molar-refractivity contribution is 0.402. The van der Waals surface area contributed by atoms with Gasteiger partial charge in [-0.1, -0.05) is 0 Å². The molecule has 0 spiro atoms. The van der Waals surface area contributed by atoms with E-state index in [0.29, 0.717) is 10.6 Å². The molecule has 0 aromatic heterocycles. The predicted molar refractivity (Wildman–Crippen MR) is 58.2 cm³/mol. The molecule has 3 nitrogen and oxygen atoms in total. The van der Waals surface area contributed by atoms with Gasteiger partial charge in [0.1, 0.15) is 10.6 Å². The maximum Gasteiger partial charge on any atom is 0.171 e. The second kappa shape index (κ2) is 4.23. The van der Waals surface area contributed by atoms with E-state index in [4.69, 9.17) is 4.74 Å². The van der Waals surface area contributed by atoms with Crippen molar-refractivity contribution >= 4 is 10.7 Å². The van der Waals surface area contributed by atoms with Gasteiger partial charge in [-0.15, -0.1) is 0 Å². The van der Waals surface area contributed by atoms with Gasteiger partial charge in [0.15, 0.2) is 10.7 Å². The molecular formula is C11H14O3S. The molecule has 0 saturated carbocycles. The minimum Gasteiger partial charge on any atom is -0.495 e. The minimum atomic E-state index is -2.56. The quantitative estimate of drug-likeness (QED) is 0.778.